The van der Waals surface area contributed by atoms with Gasteiger partial charge in [0.1, 0.15) is 18.5 Å². The van der Waals surface area contributed by atoms with Crippen LogP contribution in [0, 0.1) is 0 Å². The maximum Gasteiger partial charge on any atom is 0.126 e. The first kappa shape index (κ1) is 11.9. The molecule has 1 aliphatic heterocycles. The number of benzene rings is 1. The van der Waals surface area contributed by atoms with Crippen LogP contribution in [-0.2, 0) is 17.6 Å². The van der Waals surface area contributed by atoms with E-state index < -0.39 is 0 Å². The lowest BCUT2D eigenvalue weighted by molar-refractivity contribution is 0.260. The molecule has 0 bridgehead atoms. The predicted molar refractivity (Wildman–Crippen MR) is 69.5 cm³/mol. The molecule has 1 aromatic rings. The SMILES string of the molecule is C=CCc1cccc(CC=C)c1OCC1CO1. The molecule has 2 rings (SSSR count). The number of rotatable bonds is 7. The van der Waals surface area contributed by atoms with E-state index in [1.807, 2.05) is 12.2 Å². The Morgan fingerprint density at radius 2 is 1.82 bits per heavy atom. The number of epoxide rings is 1. The van der Waals surface area contributed by atoms with Crippen LogP contribution >= 0.6 is 0 Å². The summed E-state index contributed by atoms with van der Waals surface area (Å²) < 4.78 is 11.0. The van der Waals surface area contributed by atoms with Crippen LogP contribution in [-0.4, -0.2) is 19.3 Å². The van der Waals surface area contributed by atoms with Crippen molar-refractivity contribution in [1.82, 2.24) is 0 Å². The fraction of sp³-hybridized carbons (Fsp3) is 0.333. The molecule has 0 radical (unpaired) electrons. The second kappa shape index (κ2) is 5.69. The minimum absolute atomic E-state index is 0.281. The van der Waals surface area contributed by atoms with Crippen LogP contribution in [0.3, 0.4) is 0 Å². The van der Waals surface area contributed by atoms with Gasteiger partial charge in [-0.2, -0.15) is 0 Å². The third-order valence-corrected chi connectivity index (χ3v) is 2.72. The van der Waals surface area contributed by atoms with Gasteiger partial charge < -0.3 is 9.47 Å². The number of hydrogen-bond acceptors (Lipinski definition) is 2. The van der Waals surface area contributed by atoms with Crippen molar-refractivity contribution in [2.45, 2.75) is 18.9 Å². The molecule has 1 unspecified atom stereocenters. The van der Waals surface area contributed by atoms with Crippen LogP contribution in [0.1, 0.15) is 11.1 Å². The van der Waals surface area contributed by atoms with Gasteiger partial charge in [-0.05, 0) is 24.0 Å². The molecule has 0 N–H and O–H groups in total. The summed E-state index contributed by atoms with van der Waals surface area (Å²) in [6.07, 6.45) is 5.72. The maximum atomic E-state index is 5.88. The Balaban J connectivity index is 2.19. The largest absolute Gasteiger partial charge is 0.490 e. The highest BCUT2D eigenvalue weighted by Gasteiger charge is 2.24. The van der Waals surface area contributed by atoms with Gasteiger partial charge in [-0.25, -0.2) is 0 Å². The van der Waals surface area contributed by atoms with Gasteiger partial charge in [-0.1, -0.05) is 30.4 Å². The molecule has 1 heterocycles. The summed E-state index contributed by atoms with van der Waals surface area (Å²) in [6.45, 7) is 9.02. The molecule has 17 heavy (non-hydrogen) atoms. The van der Waals surface area contributed by atoms with Gasteiger partial charge in [0.2, 0.25) is 0 Å². The molecule has 0 aliphatic carbocycles. The normalized spacial score (nSPS) is 17.5. The van der Waals surface area contributed by atoms with E-state index in [-0.39, 0.29) is 6.10 Å². The standard InChI is InChI=1S/C15H18O2/c1-3-6-12-8-5-9-13(7-4-2)15(12)17-11-14-10-16-14/h3-5,8-9,14H,1-2,6-7,10-11H2. The molecule has 2 heteroatoms. The number of hydrogen-bond donors (Lipinski definition) is 0. The number of ether oxygens (including phenoxy) is 2. The van der Waals surface area contributed by atoms with E-state index in [4.69, 9.17) is 9.47 Å². The molecule has 1 aliphatic rings. The van der Waals surface area contributed by atoms with Gasteiger partial charge in [0.25, 0.3) is 0 Å². The Labute approximate surface area is 103 Å². The molecule has 90 valence electrons. The van der Waals surface area contributed by atoms with E-state index in [0.717, 1.165) is 25.2 Å². The summed E-state index contributed by atoms with van der Waals surface area (Å²) in [7, 11) is 0. The van der Waals surface area contributed by atoms with Crippen LogP contribution in [0.2, 0.25) is 0 Å². The molecule has 0 spiro atoms. The van der Waals surface area contributed by atoms with Crippen molar-refractivity contribution in [3.63, 3.8) is 0 Å². The molecular weight excluding hydrogens is 212 g/mol. The average Bonchev–Trinajstić information content (AvgIpc) is 3.13. The fourth-order valence-corrected chi connectivity index (χ4v) is 1.80. The molecule has 0 saturated carbocycles. The second-order valence-corrected chi connectivity index (χ2v) is 4.16. The lowest BCUT2D eigenvalue weighted by Gasteiger charge is -2.13. The van der Waals surface area contributed by atoms with Gasteiger partial charge >= 0.3 is 0 Å². The van der Waals surface area contributed by atoms with Gasteiger partial charge in [0, 0.05) is 0 Å². The summed E-state index contributed by atoms with van der Waals surface area (Å²) >= 11 is 0. The van der Waals surface area contributed by atoms with Crippen LogP contribution < -0.4 is 4.74 Å². The summed E-state index contributed by atoms with van der Waals surface area (Å²) in [5.74, 6) is 0.975. The molecule has 0 amide bonds. The summed E-state index contributed by atoms with van der Waals surface area (Å²) in [5, 5.41) is 0. The lowest BCUT2D eigenvalue weighted by Crippen LogP contribution is -2.07. The topological polar surface area (TPSA) is 21.8 Å². The first-order valence-corrected chi connectivity index (χ1v) is 5.92. The zero-order valence-electron chi connectivity index (χ0n) is 10.0. The highest BCUT2D eigenvalue weighted by Crippen LogP contribution is 2.27. The Bertz CT molecular complexity index is 377. The second-order valence-electron chi connectivity index (χ2n) is 4.16. The Morgan fingerprint density at radius 3 is 2.29 bits per heavy atom. The fourth-order valence-electron chi connectivity index (χ4n) is 1.80. The van der Waals surface area contributed by atoms with E-state index in [1.165, 1.54) is 11.1 Å². The van der Waals surface area contributed by atoms with Crippen molar-refractivity contribution < 1.29 is 9.47 Å². The third-order valence-electron chi connectivity index (χ3n) is 2.72. The van der Waals surface area contributed by atoms with Crippen molar-refractivity contribution in [1.29, 1.82) is 0 Å². The molecule has 1 aromatic carbocycles. The van der Waals surface area contributed by atoms with Crippen molar-refractivity contribution in [3.8, 4) is 5.75 Å². The van der Waals surface area contributed by atoms with Crippen LogP contribution in [0.5, 0.6) is 5.75 Å². The van der Waals surface area contributed by atoms with Crippen molar-refractivity contribution >= 4 is 0 Å². The minimum atomic E-state index is 0.281. The first-order chi connectivity index (χ1) is 8.35. The Morgan fingerprint density at radius 1 is 1.24 bits per heavy atom. The van der Waals surface area contributed by atoms with E-state index in [0.29, 0.717) is 6.61 Å². The molecule has 1 fully saturated rings. The summed E-state index contributed by atoms with van der Waals surface area (Å²) in [5.41, 5.74) is 2.36. The zero-order chi connectivity index (χ0) is 12.1. The zero-order valence-corrected chi connectivity index (χ0v) is 10.0. The monoisotopic (exact) mass is 230 g/mol. The predicted octanol–water partition coefficient (Wildman–Crippen LogP) is 2.92. The minimum Gasteiger partial charge on any atom is -0.490 e. The van der Waals surface area contributed by atoms with Gasteiger partial charge in [0.05, 0.1) is 6.61 Å². The maximum absolute atomic E-state index is 5.88. The van der Waals surface area contributed by atoms with E-state index in [1.54, 1.807) is 0 Å². The molecular formula is C15H18O2. The van der Waals surface area contributed by atoms with E-state index in [9.17, 15) is 0 Å². The highest BCUT2D eigenvalue weighted by molar-refractivity contribution is 5.43. The molecule has 0 aromatic heterocycles. The lowest BCUT2D eigenvalue weighted by atomic mass is 10.0. The molecule has 1 atom stereocenters. The average molecular weight is 230 g/mol. The van der Waals surface area contributed by atoms with Crippen LogP contribution in [0.4, 0.5) is 0 Å². The van der Waals surface area contributed by atoms with E-state index >= 15 is 0 Å². The third kappa shape index (κ3) is 3.21. The van der Waals surface area contributed by atoms with Crippen LogP contribution in [0.15, 0.2) is 43.5 Å². The van der Waals surface area contributed by atoms with Crippen molar-refractivity contribution in [2.24, 2.45) is 0 Å². The Kier molecular flexibility index (Phi) is 3.99. The quantitative estimate of drug-likeness (QED) is 0.530. The smallest absolute Gasteiger partial charge is 0.126 e. The van der Waals surface area contributed by atoms with Crippen molar-refractivity contribution in [2.75, 3.05) is 13.2 Å². The molecule has 2 nitrogen and oxygen atoms in total. The number of para-hydroxylation sites is 1. The highest BCUT2D eigenvalue weighted by atomic mass is 16.6. The van der Waals surface area contributed by atoms with Gasteiger partial charge in [0.15, 0.2) is 0 Å². The van der Waals surface area contributed by atoms with Gasteiger partial charge in [-0.15, -0.1) is 13.2 Å². The Hall–Kier alpha value is -1.54. The summed E-state index contributed by atoms with van der Waals surface area (Å²) in [6, 6.07) is 6.22. The summed E-state index contributed by atoms with van der Waals surface area (Å²) in [4.78, 5) is 0. The van der Waals surface area contributed by atoms with Crippen LogP contribution in [0.25, 0.3) is 0 Å². The molecule has 1 saturated heterocycles. The van der Waals surface area contributed by atoms with Crippen molar-refractivity contribution in [3.05, 3.63) is 54.6 Å². The number of allylic oxidation sites excluding steroid dienone is 2. The first-order valence-electron chi connectivity index (χ1n) is 5.92. The van der Waals surface area contributed by atoms with Gasteiger partial charge in [-0.3, -0.25) is 0 Å². The van der Waals surface area contributed by atoms with E-state index in [2.05, 4.69) is 31.4 Å².